The number of thiazole rings is 1. The highest BCUT2D eigenvalue weighted by Crippen LogP contribution is 2.19. The van der Waals surface area contributed by atoms with Crippen molar-refractivity contribution in [1.29, 1.82) is 0 Å². The van der Waals surface area contributed by atoms with Crippen LogP contribution in [0.4, 0.5) is 0 Å². The van der Waals surface area contributed by atoms with Gasteiger partial charge in [0.05, 0.1) is 10.4 Å². The Hall–Kier alpha value is -0.850. The van der Waals surface area contributed by atoms with Gasteiger partial charge in [-0.25, -0.2) is 0 Å². The minimum atomic E-state index is -0.489. The summed E-state index contributed by atoms with van der Waals surface area (Å²) in [6.45, 7) is 6.16. The van der Waals surface area contributed by atoms with Crippen molar-refractivity contribution in [2.75, 3.05) is 0 Å². The van der Waals surface area contributed by atoms with Gasteiger partial charge in [-0.2, -0.15) is 0 Å². The molecule has 1 atom stereocenters. The molecular formula is C11H15NOS. The SMILES string of the molecule is CC(C)(C)C#CCC(O)c1cncs1. The van der Waals surface area contributed by atoms with Crippen molar-refractivity contribution in [3.05, 3.63) is 16.6 Å². The third-order valence-corrected chi connectivity index (χ3v) is 2.42. The predicted molar refractivity (Wildman–Crippen MR) is 58.9 cm³/mol. The lowest BCUT2D eigenvalue weighted by molar-refractivity contribution is 0.187. The van der Waals surface area contributed by atoms with E-state index in [1.54, 1.807) is 11.7 Å². The predicted octanol–water partition coefficient (Wildman–Crippen LogP) is 2.62. The first kappa shape index (κ1) is 11.2. The van der Waals surface area contributed by atoms with Crippen LogP contribution in [0.15, 0.2) is 11.7 Å². The van der Waals surface area contributed by atoms with Crippen LogP contribution in [0.5, 0.6) is 0 Å². The van der Waals surface area contributed by atoms with E-state index in [1.165, 1.54) is 11.3 Å². The summed E-state index contributed by atoms with van der Waals surface area (Å²) in [5.74, 6) is 6.08. The summed E-state index contributed by atoms with van der Waals surface area (Å²) < 4.78 is 0. The summed E-state index contributed by atoms with van der Waals surface area (Å²) in [7, 11) is 0. The Labute approximate surface area is 89.0 Å². The summed E-state index contributed by atoms with van der Waals surface area (Å²) in [6, 6.07) is 0. The molecule has 1 heterocycles. The Morgan fingerprint density at radius 3 is 2.79 bits per heavy atom. The Balaban J connectivity index is 2.50. The zero-order valence-corrected chi connectivity index (χ0v) is 9.56. The molecule has 0 aliphatic heterocycles. The van der Waals surface area contributed by atoms with Crippen LogP contribution in [0.1, 0.15) is 38.2 Å². The van der Waals surface area contributed by atoms with Crippen LogP contribution in [0.25, 0.3) is 0 Å². The van der Waals surface area contributed by atoms with Gasteiger partial charge in [0.2, 0.25) is 0 Å². The van der Waals surface area contributed by atoms with Gasteiger partial charge in [0.25, 0.3) is 0 Å². The summed E-state index contributed by atoms with van der Waals surface area (Å²) in [4.78, 5) is 4.79. The van der Waals surface area contributed by atoms with E-state index in [0.29, 0.717) is 6.42 Å². The summed E-state index contributed by atoms with van der Waals surface area (Å²) in [6.07, 6.45) is 1.69. The van der Waals surface area contributed by atoms with E-state index in [1.807, 2.05) is 0 Å². The fraction of sp³-hybridized carbons (Fsp3) is 0.545. The zero-order valence-electron chi connectivity index (χ0n) is 8.74. The number of hydrogen-bond acceptors (Lipinski definition) is 3. The summed E-state index contributed by atoms with van der Waals surface area (Å²) in [5.41, 5.74) is 1.73. The number of rotatable bonds is 2. The van der Waals surface area contributed by atoms with E-state index >= 15 is 0 Å². The topological polar surface area (TPSA) is 33.1 Å². The third-order valence-electron chi connectivity index (χ3n) is 1.54. The maximum absolute atomic E-state index is 9.67. The van der Waals surface area contributed by atoms with Gasteiger partial charge in [-0.3, -0.25) is 4.98 Å². The molecule has 0 fully saturated rings. The van der Waals surface area contributed by atoms with Gasteiger partial charge in [-0.15, -0.1) is 11.3 Å². The van der Waals surface area contributed by atoms with Crippen molar-refractivity contribution in [2.24, 2.45) is 5.41 Å². The molecule has 14 heavy (non-hydrogen) atoms. The molecule has 1 aromatic rings. The molecular weight excluding hydrogens is 194 g/mol. The van der Waals surface area contributed by atoms with Crippen LogP contribution in [0.3, 0.4) is 0 Å². The number of hydrogen-bond donors (Lipinski definition) is 1. The Kier molecular flexibility index (Phi) is 3.68. The van der Waals surface area contributed by atoms with Crippen molar-refractivity contribution in [3.8, 4) is 11.8 Å². The fourth-order valence-electron chi connectivity index (χ4n) is 0.904. The van der Waals surface area contributed by atoms with Crippen LogP contribution < -0.4 is 0 Å². The van der Waals surface area contributed by atoms with Crippen LogP contribution in [-0.2, 0) is 0 Å². The maximum atomic E-state index is 9.67. The monoisotopic (exact) mass is 209 g/mol. The molecule has 1 unspecified atom stereocenters. The highest BCUT2D eigenvalue weighted by molar-refractivity contribution is 7.09. The minimum absolute atomic E-state index is 0.00736. The highest BCUT2D eigenvalue weighted by Gasteiger charge is 2.08. The second kappa shape index (κ2) is 4.59. The van der Waals surface area contributed by atoms with Gasteiger partial charge in [-0.1, -0.05) is 11.8 Å². The van der Waals surface area contributed by atoms with Crippen LogP contribution in [-0.4, -0.2) is 10.1 Å². The zero-order chi connectivity index (χ0) is 10.6. The van der Waals surface area contributed by atoms with Crippen molar-refractivity contribution in [1.82, 2.24) is 4.98 Å². The second-order valence-corrected chi connectivity index (χ2v) is 5.09. The third kappa shape index (κ3) is 3.91. The van der Waals surface area contributed by atoms with Gasteiger partial charge >= 0.3 is 0 Å². The smallest absolute Gasteiger partial charge is 0.101 e. The van der Waals surface area contributed by atoms with E-state index in [4.69, 9.17) is 0 Å². The van der Waals surface area contributed by atoms with E-state index in [-0.39, 0.29) is 5.41 Å². The van der Waals surface area contributed by atoms with Crippen LogP contribution in [0, 0.1) is 17.3 Å². The second-order valence-electron chi connectivity index (χ2n) is 4.18. The Morgan fingerprint density at radius 2 is 2.29 bits per heavy atom. The van der Waals surface area contributed by atoms with Gasteiger partial charge < -0.3 is 5.11 Å². The first-order chi connectivity index (χ1) is 6.49. The maximum Gasteiger partial charge on any atom is 0.101 e. The van der Waals surface area contributed by atoms with E-state index in [0.717, 1.165) is 4.88 Å². The van der Waals surface area contributed by atoms with Gasteiger partial charge in [-0.05, 0) is 20.8 Å². The molecule has 0 amide bonds. The van der Waals surface area contributed by atoms with Crippen molar-refractivity contribution in [2.45, 2.75) is 33.3 Å². The Bertz CT molecular complexity index is 326. The van der Waals surface area contributed by atoms with Crippen molar-refractivity contribution >= 4 is 11.3 Å². The molecule has 0 aliphatic rings. The largest absolute Gasteiger partial charge is 0.387 e. The average molecular weight is 209 g/mol. The molecule has 0 aliphatic carbocycles. The number of aromatic nitrogens is 1. The summed E-state index contributed by atoms with van der Waals surface area (Å²) in [5, 5.41) is 9.67. The molecule has 0 radical (unpaired) electrons. The molecule has 0 saturated heterocycles. The van der Waals surface area contributed by atoms with Crippen LogP contribution >= 0.6 is 11.3 Å². The highest BCUT2D eigenvalue weighted by atomic mass is 32.1. The van der Waals surface area contributed by atoms with E-state index < -0.39 is 6.10 Å². The Morgan fingerprint density at radius 1 is 1.57 bits per heavy atom. The average Bonchev–Trinajstić information content (AvgIpc) is 2.53. The molecule has 0 bridgehead atoms. The molecule has 76 valence electrons. The first-order valence-electron chi connectivity index (χ1n) is 4.55. The van der Waals surface area contributed by atoms with E-state index in [2.05, 4.69) is 37.6 Å². The lowest BCUT2D eigenvalue weighted by Gasteiger charge is -2.07. The van der Waals surface area contributed by atoms with Gasteiger partial charge in [0.1, 0.15) is 6.10 Å². The van der Waals surface area contributed by atoms with E-state index in [9.17, 15) is 5.11 Å². The van der Waals surface area contributed by atoms with Gasteiger partial charge in [0.15, 0.2) is 0 Å². The molecule has 1 aromatic heterocycles. The van der Waals surface area contributed by atoms with Crippen LogP contribution in [0.2, 0.25) is 0 Å². The number of nitrogens with zero attached hydrogens (tertiary/aromatic N) is 1. The molecule has 1 rings (SSSR count). The molecule has 0 spiro atoms. The quantitative estimate of drug-likeness (QED) is 0.759. The fourth-order valence-corrected chi connectivity index (χ4v) is 1.51. The van der Waals surface area contributed by atoms with Crippen molar-refractivity contribution < 1.29 is 5.11 Å². The first-order valence-corrected chi connectivity index (χ1v) is 5.43. The molecule has 2 nitrogen and oxygen atoms in total. The lowest BCUT2D eigenvalue weighted by Crippen LogP contribution is -2.00. The number of aliphatic hydroxyl groups excluding tert-OH is 1. The number of aliphatic hydroxyl groups is 1. The minimum Gasteiger partial charge on any atom is -0.387 e. The van der Waals surface area contributed by atoms with Crippen molar-refractivity contribution in [3.63, 3.8) is 0 Å². The lowest BCUT2D eigenvalue weighted by atomic mass is 9.97. The summed E-state index contributed by atoms with van der Waals surface area (Å²) >= 11 is 1.46. The van der Waals surface area contributed by atoms with Gasteiger partial charge in [0, 0.05) is 18.0 Å². The molecule has 1 N–H and O–H groups in total. The molecule has 0 saturated carbocycles. The molecule has 3 heteroatoms. The standard InChI is InChI=1S/C11H15NOS/c1-11(2,3)6-4-5-9(13)10-7-12-8-14-10/h7-9,13H,5H2,1-3H3. The normalized spacial score (nSPS) is 13.1. The molecule has 0 aromatic carbocycles.